The lowest BCUT2D eigenvalue weighted by Crippen LogP contribution is -2.45. The Hall–Kier alpha value is -0.160. The standard InChI is InChI=1S/C12H25N3O/c1-11(13-2)9-14-4-3-12(10-14)15-5-7-16-8-6-15/h11-13H,3-10H2,1-2H3. The molecule has 2 rings (SSSR count). The maximum atomic E-state index is 5.40. The Morgan fingerprint density at radius 2 is 2.06 bits per heavy atom. The van der Waals surface area contributed by atoms with E-state index in [1.54, 1.807) is 0 Å². The zero-order chi connectivity index (χ0) is 11.4. The second-order valence-corrected chi connectivity index (χ2v) is 5.04. The lowest BCUT2D eigenvalue weighted by Gasteiger charge is -2.32. The highest BCUT2D eigenvalue weighted by atomic mass is 16.5. The SMILES string of the molecule is CNC(C)CN1CCC(N2CCOCC2)C1. The van der Waals surface area contributed by atoms with Crippen molar-refractivity contribution in [3.63, 3.8) is 0 Å². The Morgan fingerprint density at radius 3 is 2.75 bits per heavy atom. The van der Waals surface area contributed by atoms with E-state index >= 15 is 0 Å². The molecule has 0 spiro atoms. The van der Waals surface area contributed by atoms with Gasteiger partial charge in [-0.05, 0) is 26.9 Å². The quantitative estimate of drug-likeness (QED) is 0.732. The van der Waals surface area contributed by atoms with Crippen LogP contribution >= 0.6 is 0 Å². The first-order valence-electron chi connectivity index (χ1n) is 6.51. The van der Waals surface area contributed by atoms with E-state index in [1.807, 2.05) is 7.05 Å². The van der Waals surface area contributed by atoms with Gasteiger partial charge in [-0.3, -0.25) is 4.90 Å². The van der Waals surface area contributed by atoms with E-state index in [2.05, 4.69) is 22.0 Å². The number of nitrogens with zero attached hydrogens (tertiary/aromatic N) is 2. The largest absolute Gasteiger partial charge is 0.379 e. The molecule has 2 unspecified atom stereocenters. The smallest absolute Gasteiger partial charge is 0.0594 e. The second kappa shape index (κ2) is 5.96. The molecule has 1 N–H and O–H groups in total. The average Bonchev–Trinajstić information content (AvgIpc) is 2.78. The number of nitrogens with one attached hydrogen (secondary N) is 1. The van der Waals surface area contributed by atoms with Crippen LogP contribution in [0.5, 0.6) is 0 Å². The lowest BCUT2D eigenvalue weighted by atomic mass is 10.2. The van der Waals surface area contributed by atoms with E-state index in [4.69, 9.17) is 4.74 Å². The molecule has 2 saturated heterocycles. The second-order valence-electron chi connectivity index (χ2n) is 5.04. The van der Waals surface area contributed by atoms with Gasteiger partial charge in [0.25, 0.3) is 0 Å². The van der Waals surface area contributed by atoms with Gasteiger partial charge in [0.15, 0.2) is 0 Å². The molecule has 2 aliphatic rings. The van der Waals surface area contributed by atoms with Crippen molar-refractivity contribution in [2.75, 3.05) is 53.0 Å². The fraction of sp³-hybridized carbons (Fsp3) is 1.00. The first kappa shape index (κ1) is 12.3. The van der Waals surface area contributed by atoms with Crippen LogP contribution in [0.15, 0.2) is 0 Å². The summed E-state index contributed by atoms with van der Waals surface area (Å²) < 4.78 is 5.40. The highest BCUT2D eigenvalue weighted by Crippen LogP contribution is 2.16. The normalized spacial score (nSPS) is 30.8. The molecule has 0 saturated carbocycles. The summed E-state index contributed by atoms with van der Waals surface area (Å²) >= 11 is 0. The minimum absolute atomic E-state index is 0.600. The molecule has 0 aromatic carbocycles. The number of hydrogen-bond acceptors (Lipinski definition) is 4. The van der Waals surface area contributed by atoms with Gasteiger partial charge >= 0.3 is 0 Å². The molecule has 16 heavy (non-hydrogen) atoms. The van der Waals surface area contributed by atoms with Crippen LogP contribution in [-0.2, 0) is 4.74 Å². The molecule has 4 heteroatoms. The fourth-order valence-electron chi connectivity index (χ4n) is 2.70. The van der Waals surface area contributed by atoms with Gasteiger partial charge in [-0.25, -0.2) is 0 Å². The summed E-state index contributed by atoms with van der Waals surface area (Å²) in [5, 5.41) is 3.31. The molecule has 0 aromatic heterocycles. The number of morpholine rings is 1. The monoisotopic (exact) mass is 227 g/mol. The van der Waals surface area contributed by atoms with Gasteiger partial charge in [0.1, 0.15) is 0 Å². The van der Waals surface area contributed by atoms with Crippen LogP contribution in [0.3, 0.4) is 0 Å². The number of ether oxygens (including phenoxy) is 1. The third kappa shape index (κ3) is 3.17. The van der Waals surface area contributed by atoms with Gasteiger partial charge in [-0.1, -0.05) is 0 Å². The highest BCUT2D eigenvalue weighted by Gasteiger charge is 2.28. The topological polar surface area (TPSA) is 27.7 Å². The predicted molar refractivity (Wildman–Crippen MR) is 65.8 cm³/mol. The van der Waals surface area contributed by atoms with Crippen LogP contribution in [0.2, 0.25) is 0 Å². The van der Waals surface area contributed by atoms with Crippen LogP contribution in [0, 0.1) is 0 Å². The number of likely N-dealkylation sites (tertiary alicyclic amines) is 1. The number of likely N-dealkylation sites (N-methyl/N-ethyl adjacent to an activating group) is 1. The van der Waals surface area contributed by atoms with Crippen LogP contribution in [0.4, 0.5) is 0 Å². The molecule has 0 amide bonds. The Balaban J connectivity index is 1.74. The van der Waals surface area contributed by atoms with E-state index < -0.39 is 0 Å². The van der Waals surface area contributed by atoms with Crippen LogP contribution < -0.4 is 5.32 Å². The Morgan fingerprint density at radius 1 is 1.31 bits per heavy atom. The summed E-state index contributed by atoms with van der Waals surface area (Å²) in [4.78, 5) is 5.19. The third-order valence-corrected chi connectivity index (χ3v) is 3.83. The molecule has 2 heterocycles. The average molecular weight is 227 g/mol. The molecule has 2 atom stereocenters. The molecular weight excluding hydrogens is 202 g/mol. The molecule has 2 fully saturated rings. The van der Waals surface area contributed by atoms with Crippen LogP contribution in [-0.4, -0.2) is 74.9 Å². The first-order chi connectivity index (χ1) is 7.79. The maximum absolute atomic E-state index is 5.40. The first-order valence-corrected chi connectivity index (χ1v) is 6.51. The van der Waals surface area contributed by atoms with Crippen LogP contribution in [0.1, 0.15) is 13.3 Å². The van der Waals surface area contributed by atoms with Crippen molar-refractivity contribution >= 4 is 0 Å². The van der Waals surface area contributed by atoms with Crippen LogP contribution in [0.25, 0.3) is 0 Å². The van der Waals surface area contributed by atoms with E-state index in [1.165, 1.54) is 26.1 Å². The zero-order valence-electron chi connectivity index (χ0n) is 10.6. The van der Waals surface area contributed by atoms with Crippen molar-refractivity contribution in [2.24, 2.45) is 0 Å². The summed E-state index contributed by atoms with van der Waals surface area (Å²) in [6.07, 6.45) is 1.33. The summed E-state index contributed by atoms with van der Waals surface area (Å²) in [5.41, 5.74) is 0. The van der Waals surface area contributed by atoms with Crippen molar-refractivity contribution in [3.05, 3.63) is 0 Å². The fourth-order valence-corrected chi connectivity index (χ4v) is 2.70. The van der Waals surface area contributed by atoms with E-state index in [-0.39, 0.29) is 0 Å². The lowest BCUT2D eigenvalue weighted by molar-refractivity contribution is 0.0184. The van der Waals surface area contributed by atoms with Crippen molar-refractivity contribution in [1.82, 2.24) is 15.1 Å². The highest BCUT2D eigenvalue weighted by molar-refractivity contribution is 4.85. The van der Waals surface area contributed by atoms with Gasteiger partial charge < -0.3 is 15.0 Å². The van der Waals surface area contributed by atoms with Crippen molar-refractivity contribution in [2.45, 2.75) is 25.4 Å². The van der Waals surface area contributed by atoms with Gasteiger partial charge in [0.05, 0.1) is 13.2 Å². The Labute approximate surface area is 98.9 Å². The molecular formula is C12H25N3O. The molecule has 0 aliphatic carbocycles. The Kier molecular flexibility index (Phi) is 4.58. The Bertz CT molecular complexity index is 206. The van der Waals surface area contributed by atoms with Gasteiger partial charge in [-0.2, -0.15) is 0 Å². The van der Waals surface area contributed by atoms with E-state index in [9.17, 15) is 0 Å². The summed E-state index contributed by atoms with van der Waals surface area (Å²) in [5.74, 6) is 0. The number of rotatable bonds is 4. The zero-order valence-corrected chi connectivity index (χ0v) is 10.6. The van der Waals surface area contributed by atoms with Gasteiger partial charge in [0.2, 0.25) is 0 Å². The van der Waals surface area contributed by atoms with Crippen molar-refractivity contribution < 1.29 is 4.74 Å². The third-order valence-electron chi connectivity index (χ3n) is 3.83. The molecule has 4 nitrogen and oxygen atoms in total. The molecule has 94 valence electrons. The minimum atomic E-state index is 0.600. The summed E-state index contributed by atoms with van der Waals surface area (Å²) in [6.45, 7) is 10.0. The van der Waals surface area contributed by atoms with E-state index in [0.717, 1.165) is 32.3 Å². The predicted octanol–water partition coefficient (Wildman–Crippen LogP) is 0.000800. The maximum Gasteiger partial charge on any atom is 0.0594 e. The summed E-state index contributed by atoms with van der Waals surface area (Å²) in [7, 11) is 2.04. The molecule has 0 bridgehead atoms. The molecule has 0 radical (unpaired) electrons. The summed E-state index contributed by atoms with van der Waals surface area (Å²) in [6, 6.07) is 1.37. The number of hydrogen-bond donors (Lipinski definition) is 1. The molecule has 2 aliphatic heterocycles. The van der Waals surface area contributed by atoms with E-state index in [0.29, 0.717) is 6.04 Å². The molecule has 0 aromatic rings. The van der Waals surface area contributed by atoms with Crippen molar-refractivity contribution in [1.29, 1.82) is 0 Å². The van der Waals surface area contributed by atoms with Gasteiger partial charge in [0, 0.05) is 38.3 Å². The van der Waals surface area contributed by atoms with Crippen molar-refractivity contribution in [3.8, 4) is 0 Å². The minimum Gasteiger partial charge on any atom is -0.379 e. The van der Waals surface area contributed by atoms with Gasteiger partial charge in [-0.15, -0.1) is 0 Å².